The molecule has 1 aliphatic rings. The Balaban J connectivity index is 2.30. The molecule has 1 aromatic heterocycles. The number of thiophene rings is 1. The molecular formula is C19H28N2OS. The molecule has 0 aliphatic heterocycles. The molecule has 23 heavy (non-hydrogen) atoms. The van der Waals surface area contributed by atoms with E-state index in [4.69, 9.17) is 0 Å². The van der Waals surface area contributed by atoms with Crippen LogP contribution in [0, 0.1) is 28.1 Å². The van der Waals surface area contributed by atoms with Crippen molar-refractivity contribution in [1.29, 1.82) is 5.26 Å². The molecule has 0 radical (unpaired) electrons. The van der Waals surface area contributed by atoms with E-state index in [0.29, 0.717) is 16.9 Å². The second-order valence-electron chi connectivity index (χ2n) is 8.31. The Morgan fingerprint density at radius 3 is 2.52 bits per heavy atom. The Labute approximate surface area is 144 Å². The maximum Gasteiger partial charge on any atom is 0.230 e. The fourth-order valence-corrected chi connectivity index (χ4v) is 4.31. The minimum absolute atomic E-state index is 0.0296. The van der Waals surface area contributed by atoms with E-state index in [1.807, 2.05) is 20.8 Å². The highest BCUT2D eigenvalue weighted by Crippen LogP contribution is 2.45. The van der Waals surface area contributed by atoms with Crippen LogP contribution in [-0.2, 0) is 17.6 Å². The molecule has 1 heterocycles. The van der Waals surface area contributed by atoms with Crippen molar-refractivity contribution < 1.29 is 4.79 Å². The zero-order valence-corrected chi connectivity index (χ0v) is 16.0. The van der Waals surface area contributed by atoms with Crippen LogP contribution in [0.25, 0.3) is 0 Å². The number of anilines is 1. The molecule has 2 rings (SSSR count). The van der Waals surface area contributed by atoms with Gasteiger partial charge >= 0.3 is 0 Å². The largest absolute Gasteiger partial charge is 0.316 e. The highest BCUT2D eigenvalue weighted by atomic mass is 32.1. The molecule has 1 amide bonds. The molecule has 4 heteroatoms. The first kappa shape index (κ1) is 18.0. The van der Waals surface area contributed by atoms with E-state index in [9.17, 15) is 10.1 Å². The molecular weight excluding hydrogens is 304 g/mol. The van der Waals surface area contributed by atoms with Gasteiger partial charge in [0.2, 0.25) is 5.91 Å². The van der Waals surface area contributed by atoms with Gasteiger partial charge in [0.1, 0.15) is 11.1 Å². The first-order chi connectivity index (χ1) is 10.6. The number of rotatable bonds is 3. The Morgan fingerprint density at radius 1 is 1.35 bits per heavy atom. The monoisotopic (exact) mass is 332 g/mol. The lowest BCUT2D eigenvalue weighted by Crippen LogP contribution is -2.28. The van der Waals surface area contributed by atoms with Crippen LogP contribution in [0.2, 0.25) is 0 Å². The van der Waals surface area contributed by atoms with E-state index >= 15 is 0 Å². The maximum absolute atomic E-state index is 12.3. The third-order valence-corrected chi connectivity index (χ3v) is 6.47. The summed E-state index contributed by atoms with van der Waals surface area (Å²) < 4.78 is 0. The number of hydrogen-bond acceptors (Lipinski definition) is 3. The Bertz CT molecular complexity index is 644. The number of hydrogen-bond donors (Lipinski definition) is 1. The van der Waals surface area contributed by atoms with Gasteiger partial charge in [-0.1, -0.05) is 48.0 Å². The standard InChI is InChI=1S/C19H28N2OS/c1-7-19(5,6)12-8-9-13-14(11-20)16(23-15(13)10-12)21-17(22)18(2,3)4/h12H,7-10H2,1-6H3,(H,21,22)/t12-/m0/s1. The first-order valence-electron chi connectivity index (χ1n) is 8.46. The third kappa shape index (κ3) is 3.61. The number of nitrogens with zero attached hydrogens (tertiary/aromatic N) is 1. The molecule has 1 aliphatic carbocycles. The van der Waals surface area contributed by atoms with Crippen LogP contribution in [0.3, 0.4) is 0 Å². The second kappa shape index (κ2) is 6.28. The van der Waals surface area contributed by atoms with E-state index < -0.39 is 5.41 Å². The predicted molar refractivity (Wildman–Crippen MR) is 96.7 cm³/mol. The van der Waals surface area contributed by atoms with Crippen LogP contribution in [0.1, 0.15) is 70.4 Å². The lowest BCUT2D eigenvalue weighted by molar-refractivity contribution is -0.123. The average Bonchev–Trinajstić information content (AvgIpc) is 2.82. The van der Waals surface area contributed by atoms with Crippen LogP contribution >= 0.6 is 11.3 Å². The van der Waals surface area contributed by atoms with Crippen molar-refractivity contribution in [3.63, 3.8) is 0 Å². The minimum Gasteiger partial charge on any atom is -0.316 e. The normalized spacial score (nSPS) is 18.2. The van der Waals surface area contributed by atoms with E-state index in [2.05, 4.69) is 32.2 Å². The van der Waals surface area contributed by atoms with E-state index in [0.717, 1.165) is 30.7 Å². The summed E-state index contributed by atoms with van der Waals surface area (Å²) in [6.07, 6.45) is 4.28. The van der Waals surface area contributed by atoms with Crippen LogP contribution < -0.4 is 5.32 Å². The molecule has 0 saturated carbocycles. The maximum atomic E-state index is 12.3. The average molecular weight is 333 g/mol. The van der Waals surface area contributed by atoms with Gasteiger partial charge in [-0.05, 0) is 36.2 Å². The number of nitrogens with one attached hydrogen (secondary N) is 1. The zero-order chi connectivity index (χ0) is 17.4. The van der Waals surface area contributed by atoms with Crippen molar-refractivity contribution in [2.75, 3.05) is 5.32 Å². The van der Waals surface area contributed by atoms with Gasteiger partial charge in [0.25, 0.3) is 0 Å². The number of fused-ring (bicyclic) bond motifs is 1. The zero-order valence-electron chi connectivity index (χ0n) is 15.2. The quantitative estimate of drug-likeness (QED) is 0.832. The van der Waals surface area contributed by atoms with Crippen molar-refractivity contribution in [2.45, 2.75) is 67.2 Å². The topological polar surface area (TPSA) is 52.9 Å². The van der Waals surface area contributed by atoms with Crippen LogP contribution in [0.4, 0.5) is 5.00 Å². The van der Waals surface area contributed by atoms with Gasteiger partial charge in [-0.3, -0.25) is 4.79 Å². The minimum atomic E-state index is -0.454. The summed E-state index contributed by atoms with van der Waals surface area (Å²) >= 11 is 1.61. The number of carbonyl (C=O) groups is 1. The summed E-state index contributed by atoms with van der Waals surface area (Å²) in [5.41, 5.74) is 1.73. The summed E-state index contributed by atoms with van der Waals surface area (Å²) in [6.45, 7) is 12.6. The summed E-state index contributed by atoms with van der Waals surface area (Å²) in [5.74, 6) is 0.620. The fourth-order valence-electron chi connectivity index (χ4n) is 3.04. The van der Waals surface area contributed by atoms with Crippen molar-refractivity contribution in [1.82, 2.24) is 0 Å². The number of amides is 1. The Kier molecular flexibility index (Phi) is 4.92. The van der Waals surface area contributed by atoms with Gasteiger partial charge in [-0.15, -0.1) is 11.3 Å². The molecule has 0 unspecified atom stereocenters. The lowest BCUT2D eigenvalue weighted by atomic mass is 9.69. The van der Waals surface area contributed by atoms with Gasteiger partial charge in [0.15, 0.2) is 0 Å². The van der Waals surface area contributed by atoms with E-state index in [-0.39, 0.29) is 5.91 Å². The first-order valence-corrected chi connectivity index (χ1v) is 9.28. The highest BCUT2D eigenvalue weighted by Gasteiger charge is 2.34. The highest BCUT2D eigenvalue weighted by molar-refractivity contribution is 7.16. The second-order valence-corrected chi connectivity index (χ2v) is 9.41. The predicted octanol–water partition coefficient (Wildman–Crippen LogP) is 5.15. The van der Waals surface area contributed by atoms with Crippen LogP contribution in [0.15, 0.2) is 0 Å². The Morgan fingerprint density at radius 2 is 2.00 bits per heavy atom. The third-order valence-electron chi connectivity index (χ3n) is 5.30. The molecule has 0 aromatic carbocycles. The fraction of sp³-hybridized carbons (Fsp3) is 0.684. The van der Waals surface area contributed by atoms with Gasteiger partial charge in [0, 0.05) is 10.3 Å². The van der Waals surface area contributed by atoms with Crippen molar-refractivity contribution >= 4 is 22.2 Å². The molecule has 0 fully saturated rings. The summed E-state index contributed by atoms with van der Waals surface area (Å²) in [5, 5.41) is 13.3. The summed E-state index contributed by atoms with van der Waals surface area (Å²) in [6, 6.07) is 2.32. The molecule has 1 N–H and O–H groups in total. The SMILES string of the molecule is CCC(C)(C)[C@H]1CCc2c(sc(NC(=O)C(C)(C)C)c2C#N)C1. The van der Waals surface area contributed by atoms with Crippen molar-refractivity contribution in [2.24, 2.45) is 16.7 Å². The molecule has 3 nitrogen and oxygen atoms in total. The smallest absolute Gasteiger partial charge is 0.230 e. The molecule has 126 valence electrons. The number of carbonyl (C=O) groups excluding carboxylic acids is 1. The molecule has 0 spiro atoms. The summed E-state index contributed by atoms with van der Waals surface area (Å²) in [7, 11) is 0. The van der Waals surface area contributed by atoms with Crippen LogP contribution in [-0.4, -0.2) is 5.91 Å². The Hall–Kier alpha value is -1.34. The van der Waals surface area contributed by atoms with Crippen molar-refractivity contribution in [3.8, 4) is 6.07 Å². The van der Waals surface area contributed by atoms with Gasteiger partial charge in [0.05, 0.1) is 5.56 Å². The molecule has 0 saturated heterocycles. The van der Waals surface area contributed by atoms with E-state index in [1.54, 1.807) is 11.3 Å². The molecule has 1 aromatic rings. The van der Waals surface area contributed by atoms with E-state index in [1.165, 1.54) is 10.4 Å². The van der Waals surface area contributed by atoms with Gasteiger partial charge in [-0.2, -0.15) is 5.26 Å². The van der Waals surface area contributed by atoms with Crippen LogP contribution in [0.5, 0.6) is 0 Å². The number of nitriles is 1. The molecule has 1 atom stereocenters. The summed E-state index contributed by atoms with van der Waals surface area (Å²) in [4.78, 5) is 13.6. The molecule has 0 bridgehead atoms. The lowest BCUT2D eigenvalue weighted by Gasteiger charge is -2.36. The van der Waals surface area contributed by atoms with Gasteiger partial charge in [-0.25, -0.2) is 0 Å². The van der Waals surface area contributed by atoms with Gasteiger partial charge < -0.3 is 5.32 Å². The van der Waals surface area contributed by atoms with Crippen molar-refractivity contribution in [3.05, 3.63) is 16.0 Å².